The van der Waals surface area contributed by atoms with Gasteiger partial charge >= 0.3 is 6.03 Å². The average Bonchev–Trinajstić information content (AvgIpc) is 2.86. The van der Waals surface area contributed by atoms with Gasteiger partial charge in [-0.05, 0) is 31.9 Å². The van der Waals surface area contributed by atoms with Crippen molar-refractivity contribution in [3.8, 4) is 0 Å². The topological polar surface area (TPSA) is 81.5 Å². The Morgan fingerprint density at radius 1 is 1.25 bits per heavy atom. The highest BCUT2D eigenvalue weighted by Crippen LogP contribution is 2.31. The number of hydrogen-bond acceptors (Lipinski definition) is 5. The summed E-state index contributed by atoms with van der Waals surface area (Å²) in [6.07, 6.45) is 1.14. The first kappa shape index (κ1) is 18.4. The Morgan fingerprint density at radius 3 is 2.29 bits per heavy atom. The van der Waals surface area contributed by atoms with Crippen LogP contribution in [0.15, 0.2) is 28.3 Å². The molecule has 1 heterocycles. The van der Waals surface area contributed by atoms with E-state index in [0.29, 0.717) is 11.1 Å². The maximum Gasteiger partial charge on any atom is 0.368 e. The van der Waals surface area contributed by atoms with Crippen molar-refractivity contribution in [2.75, 3.05) is 14.2 Å². The molecule has 0 saturated carbocycles. The summed E-state index contributed by atoms with van der Waals surface area (Å²) in [7, 11) is -1.29. The molecule has 0 atom stereocenters. The summed E-state index contributed by atoms with van der Waals surface area (Å²) < 4.78 is 26.8. The second kappa shape index (κ2) is 6.54. The van der Waals surface area contributed by atoms with E-state index in [1.807, 2.05) is 6.92 Å². The van der Waals surface area contributed by atoms with Crippen molar-refractivity contribution in [2.24, 2.45) is 0 Å². The largest absolute Gasteiger partial charge is 0.368 e. The summed E-state index contributed by atoms with van der Waals surface area (Å²) in [6, 6.07) is 2.88. The maximum atomic E-state index is 13.0. The molecular weight excluding hydrogens is 354 g/mol. The van der Waals surface area contributed by atoms with Gasteiger partial charge in [-0.2, -0.15) is 4.68 Å². The molecule has 7 nitrogen and oxygen atoms in total. The lowest BCUT2D eigenvalue weighted by Crippen LogP contribution is -2.30. The lowest BCUT2D eigenvalue weighted by molar-refractivity contribution is -0.0653. The van der Waals surface area contributed by atoms with Crippen LogP contribution in [0.5, 0.6) is 0 Å². The van der Waals surface area contributed by atoms with E-state index in [4.69, 9.17) is 16.4 Å². The van der Waals surface area contributed by atoms with Crippen molar-refractivity contribution in [1.82, 2.24) is 14.8 Å². The van der Waals surface area contributed by atoms with E-state index < -0.39 is 15.9 Å². The molecule has 0 aliphatic rings. The molecule has 0 aliphatic heterocycles. The summed E-state index contributed by atoms with van der Waals surface area (Å²) >= 11 is 6.03. The van der Waals surface area contributed by atoms with Crippen LogP contribution < -0.4 is 0 Å². The molecule has 0 fully saturated rings. The minimum Gasteiger partial charge on any atom is -0.273 e. The number of hydrogen-bond donors (Lipinski definition) is 0. The third-order valence-electron chi connectivity index (χ3n) is 3.51. The van der Waals surface area contributed by atoms with Crippen LogP contribution in [0.2, 0.25) is 5.02 Å². The van der Waals surface area contributed by atoms with Gasteiger partial charge in [0.2, 0.25) is 14.9 Å². The Hall–Kier alpha value is -1.90. The van der Waals surface area contributed by atoms with Gasteiger partial charge in [0.15, 0.2) is 0 Å². The molecule has 0 spiro atoms. The molecule has 1 aromatic carbocycles. The van der Waals surface area contributed by atoms with Crippen LogP contribution in [0.3, 0.4) is 0 Å². The van der Waals surface area contributed by atoms with Crippen LogP contribution in [0.4, 0.5) is 4.79 Å². The zero-order valence-electron chi connectivity index (χ0n) is 14.0. The fourth-order valence-corrected chi connectivity index (χ4v) is 4.63. The number of rotatable bonds is 3. The zero-order valence-corrected chi connectivity index (χ0v) is 15.6. The second-order valence-corrected chi connectivity index (χ2v) is 7.63. The number of amides is 1. The monoisotopic (exact) mass is 371 g/mol. The van der Waals surface area contributed by atoms with E-state index in [9.17, 15) is 13.2 Å². The highest BCUT2D eigenvalue weighted by atomic mass is 35.5. The quantitative estimate of drug-likeness (QED) is 0.775. The van der Waals surface area contributed by atoms with Crippen molar-refractivity contribution in [3.63, 3.8) is 0 Å². The van der Waals surface area contributed by atoms with Crippen molar-refractivity contribution in [3.05, 3.63) is 40.0 Å². The van der Waals surface area contributed by atoms with E-state index >= 15 is 0 Å². The van der Waals surface area contributed by atoms with Crippen molar-refractivity contribution in [2.45, 2.75) is 30.7 Å². The predicted octanol–water partition coefficient (Wildman–Crippen LogP) is 2.76. The highest BCUT2D eigenvalue weighted by molar-refractivity contribution is 7.91. The summed E-state index contributed by atoms with van der Waals surface area (Å²) in [5.41, 5.74) is 2.15. The lowest BCUT2D eigenvalue weighted by atomic mass is 10.1. The summed E-state index contributed by atoms with van der Waals surface area (Å²) in [6.45, 7) is 5.31. The Bertz CT molecular complexity index is 882. The van der Waals surface area contributed by atoms with Gasteiger partial charge in [-0.15, -0.1) is 5.10 Å². The van der Waals surface area contributed by atoms with Crippen molar-refractivity contribution < 1.29 is 18.0 Å². The third kappa shape index (κ3) is 3.17. The van der Waals surface area contributed by atoms with Gasteiger partial charge in [0.05, 0.1) is 23.2 Å². The summed E-state index contributed by atoms with van der Waals surface area (Å²) in [5.74, 6) is 0. The SMILES string of the molecule is CON(C)C(=O)n1cc(Cl)c(S(=O)(=O)c2c(C)cc(C)cc2C)n1. The van der Waals surface area contributed by atoms with Crippen LogP contribution in [-0.4, -0.2) is 43.5 Å². The third-order valence-corrected chi connectivity index (χ3v) is 5.89. The van der Waals surface area contributed by atoms with Crippen LogP contribution >= 0.6 is 11.6 Å². The Balaban J connectivity index is 2.60. The first-order valence-electron chi connectivity index (χ1n) is 7.00. The number of nitrogens with zero attached hydrogens (tertiary/aromatic N) is 3. The first-order valence-corrected chi connectivity index (χ1v) is 8.86. The standard InChI is InChI=1S/C15H18ClN3O4S/c1-9-6-10(2)13(11(3)7-9)24(21,22)14-12(16)8-19(17-14)15(20)18(4)23-5/h6-8H,1-5H3. The molecule has 0 N–H and O–H groups in total. The Kier molecular flexibility index (Phi) is 5.03. The molecule has 0 radical (unpaired) electrons. The maximum absolute atomic E-state index is 13.0. The van der Waals surface area contributed by atoms with Gasteiger partial charge in [0, 0.05) is 7.05 Å². The van der Waals surface area contributed by atoms with Crippen LogP contribution in [0, 0.1) is 20.8 Å². The van der Waals surface area contributed by atoms with Gasteiger partial charge in [-0.3, -0.25) is 4.84 Å². The molecule has 9 heteroatoms. The molecule has 1 amide bonds. The van der Waals surface area contributed by atoms with Gasteiger partial charge in [0.25, 0.3) is 0 Å². The number of aromatic nitrogens is 2. The van der Waals surface area contributed by atoms with E-state index in [1.165, 1.54) is 14.2 Å². The fourth-order valence-electron chi connectivity index (χ4n) is 2.53. The fraction of sp³-hybridized carbons (Fsp3) is 0.333. The van der Waals surface area contributed by atoms with Gasteiger partial charge in [-0.25, -0.2) is 18.3 Å². The lowest BCUT2D eigenvalue weighted by Gasteiger charge is -2.12. The molecule has 2 aromatic rings. The minimum absolute atomic E-state index is 0.132. The summed E-state index contributed by atoms with van der Waals surface area (Å²) in [4.78, 5) is 16.9. The molecule has 130 valence electrons. The van der Waals surface area contributed by atoms with Crippen molar-refractivity contribution >= 4 is 27.5 Å². The molecule has 0 saturated heterocycles. The molecule has 24 heavy (non-hydrogen) atoms. The number of benzene rings is 1. The number of carbonyl (C=O) groups is 1. The van der Waals surface area contributed by atoms with Crippen LogP contribution in [-0.2, 0) is 14.7 Å². The normalized spacial score (nSPS) is 11.6. The smallest absolute Gasteiger partial charge is 0.273 e. The van der Waals surface area contributed by atoms with Crippen molar-refractivity contribution in [1.29, 1.82) is 0 Å². The van der Waals surface area contributed by atoms with Gasteiger partial charge in [-0.1, -0.05) is 29.3 Å². The second-order valence-electron chi connectivity index (χ2n) is 5.42. The Labute approximate surface area is 145 Å². The molecule has 1 aromatic heterocycles. The van der Waals surface area contributed by atoms with E-state index in [-0.39, 0.29) is 14.9 Å². The number of carbonyl (C=O) groups excluding carboxylic acids is 1. The Morgan fingerprint density at radius 2 is 1.79 bits per heavy atom. The minimum atomic E-state index is -3.97. The van der Waals surface area contributed by atoms with E-state index in [1.54, 1.807) is 26.0 Å². The number of halogens is 1. The number of aryl methyl sites for hydroxylation is 3. The number of sulfone groups is 1. The molecular formula is C15H18ClN3O4S. The van der Waals surface area contributed by atoms with Gasteiger partial charge < -0.3 is 0 Å². The average molecular weight is 372 g/mol. The van der Waals surface area contributed by atoms with E-state index in [2.05, 4.69) is 5.10 Å². The predicted molar refractivity (Wildman–Crippen MR) is 88.9 cm³/mol. The molecule has 0 unspecified atom stereocenters. The highest BCUT2D eigenvalue weighted by Gasteiger charge is 2.29. The summed E-state index contributed by atoms with van der Waals surface area (Å²) in [5, 5.41) is 4.27. The first-order chi connectivity index (χ1) is 11.1. The van der Waals surface area contributed by atoms with Crippen LogP contribution in [0.1, 0.15) is 16.7 Å². The number of hydroxylamine groups is 2. The van der Waals surface area contributed by atoms with Crippen LogP contribution in [0.25, 0.3) is 0 Å². The molecule has 0 aliphatic carbocycles. The van der Waals surface area contributed by atoms with E-state index in [0.717, 1.165) is 21.5 Å². The zero-order chi connectivity index (χ0) is 18.2. The molecule has 0 bridgehead atoms. The van der Waals surface area contributed by atoms with Gasteiger partial charge in [0.1, 0.15) is 0 Å². The molecule has 2 rings (SSSR count).